The largest absolute Gasteiger partial charge is 0.386 e. The second-order valence-electron chi connectivity index (χ2n) is 4.71. The van der Waals surface area contributed by atoms with Crippen LogP contribution in [-0.2, 0) is 4.74 Å². The fourth-order valence-corrected chi connectivity index (χ4v) is 2.40. The summed E-state index contributed by atoms with van der Waals surface area (Å²) in [5.74, 6) is -1.16. The van der Waals surface area contributed by atoms with E-state index in [1.165, 1.54) is 6.42 Å². The first-order chi connectivity index (χ1) is 9.25. The van der Waals surface area contributed by atoms with Crippen LogP contribution in [0.2, 0.25) is 0 Å². The third-order valence-electron chi connectivity index (χ3n) is 3.40. The molecule has 2 heterocycles. The Kier molecular flexibility index (Phi) is 3.03. The SMILES string of the molecule is O=C1OC(=O)c2c(C=NN3CCCCC3)cccc21. The van der Waals surface area contributed by atoms with Crippen LogP contribution in [-0.4, -0.2) is 36.3 Å². The van der Waals surface area contributed by atoms with Crippen LogP contribution >= 0.6 is 0 Å². The van der Waals surface area contributed by atoms with Crippen LogP contribution < -0.4 is 0 Å². The Balaban J connectivity index is 1.88. The average molecular weight is 258 g/mol. The fraction of sp³-hybridized carbons (Fsp3) is 0.357. The number of carbonyl (C=O) groups is 2. The molecule has 0 saturated carbocycles. The lowest BCUT2D eigenvalue weighted by Crippen LogP contribution is -2.24. The van der Waals surface area contributed by atoms with Crippen molar-refractivity contribution in [3.8, 4) is 0 Å². The van der Waals surface area contributed by atoms with Gasteiger partial charge in [-0.25, -0.2) is 9.59 Å². The van der Waals surface area contributed by atoms with Crippen LogP contribution in [0.5, 0.6) is 0 Å². The number of fused-ring (bicyclic) bond motifs is 1. The molecule has 5 nitrogen and oxygen atoms in total. The summed E-state index contributed by atoms with van der Waals surface area (Å²) < 4.78 is 4.61. The van der Waals surface area contributed by atoms with E-state index in [-0.39, 0.29) is 0 Å². The lowest BCUT2D eigenvalue weighted by Gasteiger charge is -2.23. The lowest BCUT2D eigenvalue weighted by molar-refractivity contribution is 0.0444. The Bertz CT molecular complexity index is 560. The summed E-state index contributed by atoms with van der Waals surface area (Å²) in [5.41, 5.74) is 1.29. The van der Waals surface area contributed by atoms with E-state index in [1.807, 2.05) is 5.01 Å². The molecule has 19 heavy (non-hydrogen) atoms. The van der Waals surface area contributed by atoms with Gasteiger partial charge in [0.2, 0.25) is 0 Å². The Morgan fingerprint density at radius 1 is 1.11 bits per heavy atom. The van der Waals surface area contributed by atoms with Crippen LogP contribution in [0.1, 0.15) is 45.5 Å². The molecule has 5 heteroatoms. The van der Waals surface area contributed by atoms with Crippen molar-refractivity contribution in [2.45, 2.75) is 19.3 Å². The molecule has 0 N–H and O–H groups in total. The number of piperidine rings is 1. The first kappa shape index (κ1) is 11.9. The molecular formula is C14H14N2O3. The molecule has 0 aliphatic carbocycles. The summed E-state index contributed by atoms with van der Waals surface area (Å²) >= 11 is 0. The van der Waals surface area contributed by atoms with E-state index < -0.39 is 11.9 Å². The smallest absolute Gasteiger partial charge is 0.347 e. The Morgan fingerprint density at radius 3 is 2.68 bits per heavy atom. The number of hydrazone groups is 1. The maximum atomic E-state index is 11.6. The highest BCUT2D eigenvalue weighted by Crippen LogP contribution is 2.22. The highest BCUT2D eigenvalue weighted by molar-refractivity contribution is 6.17. The zero-order valence-electron chi connectivity index (χ0n) is 10.5. The monoisotopic (exact) mass is 258 g/mol. The molecule has 2 aliphatic heterocycles. The van der Waals surface area contributed by atoms with Crippen molar-refractivity contribution in [2.75, 3.05) is 13.1 Å². The molecule has 0 unspecified atom stereocenters. The number of cyclic esters (lactones) is 2. The van der Waals surface area contributed by atoms with Crippen molar-refractivity contribution < 1.29 is 14.3 Å². The maximum Gasteiger partial charge on any atom is 0.347 e. The summed E-state index contributed by atoms with van der Waals surface area (Å²) in [5, 5.41) is 6.37. The van der Waals surface area contributed by atoms with E-state index >= 15 is 0 Å². The lowest BCUT2D eigenvalue weighted by atomic mass is 10.0. The highest BCUT2D eigenvalue weighted by atomic mass is 16.6. The van der Waals surface area contributed by atoms with Crippen LogP contribution in [0.25, 0.3) is 0 Å². The molecule has 1 aromatic carbocycles. The Hall–Kier alpha value is -2.17. The van der Waals surface area contributed by atoms with Gasteiger partial charge in [-0.2, -0.15) is 5.10 Å². The minimum Gasteiger partial charge on any atom is -0.386 e. The Morgan fingerprint density at radius 2 is 1.89 bits per heavy atom. The third-order valence-corrected chi connectivity index (χ3v) is 3.40. The molecule has 3 rings (SSSR count). The first-order valence-electron chi connectivity index (χ1n) is 6.44. The molecule has 2 aliphatic rings. The number of hydrogen-bond donors (Lipinski definition) is 0. The van der Waals surface area contributed by atoms with Crippen molar-refractivity contribution >= 4 is 18.2 Å². The number of hydrogen-bond acceptors (Lipinski definition) is 5. The third kappa shape index (κ3) is 2.23. The molecular weight excluding hydrogens is 244 g/mol. The van der Waals surface area contributed by atoms with Crippen LogP contribution in [0.15, 0.2) is 23.3 Å². The molecule has 1 fully saturated rings. The predicted molar refractivity (Wildman–Crippen MR) is 69.2 cm³/mol. The predicted octanol–water partition coefficient (Wildman–Crippen LogP) is 1.82. The molecule has 0 bridgehead atoms. The molecule has 0 radical (unpaired) electrons. The van der Waals surface area contributed by atoms with Gasteiger partial charge < -0.3 is 4.74 Å². The van der Waals surface area contributed by atoms with Gasteiger partial charge in [0.1, 0.15) is 0 Å². The topological polar surface area (TPSA) is 59.0 Å². The van der Waals surface area contributed by atoms with Gasteiger partial charge in [0.05, 0.1) is 17.3 Å². The van der Waals surface area contributed by atoms with E-state index in [0.29, 0.717) is 16.7 Å². The fourth-order valence-electron chi connectivity index (χ4n) is 2.40. The number of esters is 2. The van der Waals surface area contributed by atoms with Crippen molar-refractivity contribution in [3.05, 3.63) is 34.9 Å². The zero-order valence-corrected chi connectivity index (χ0v) is 10.5. The summed E-state index contributed by atoms with van der Waals surface area (Å²) in [6.07, 6.45) is 5.17. The van der Waals surface area contributed by atoms with Crippen LogP contribution in [0.4, 0.5) is 0 Å². The molecule has 1 aromatic rings. The number of ether oxygens (including phenoxy) is 1. The van der Waals surface area contributed by atoms with E-state index in [4.69, 9.17) is 0 Å². The number of carbonyl (C=O) groups excluding carboxylic acids is 2. The van der Waals surface area contributed by atoms with E-state index in [1.54, 1.807) is 24.4 Å². The molecule has 98 valence electrons. The van der Waals surface area contributed by atoms with Crippen LogP contribution in [0, 0.1) is 0 Å². The Labute approximate surface area is 110 Å². The van der Waals surface area contributed by atoms with Gasteiger partial charge in [0.15, 0.2) is 0 Å². The van der Waals surface area contributed by atoms with Gasteiger partial charge in [-0.15, -0.1) is 0 Å². The van der Waals surface area contributed by atoms with Gasteiger partial charge in [0.25, 0.3) is 0 Å². The van der Waals surface area contributed by atoms with Gasteiger partial charge in [-0.05, 0) is 25.3 Å². The standard InChI is InChI=1S/C14H14N2O3/c17-13-11-6-4-5-10(12(11)14(18)19-13)9-15-16-7-2-1-3-8-16/h4-6,9H,1-3,7-8H2. The van der Waals surface area contributed by atoms with Gasteiger partial charge in [-0.1, -0.05) is 12.1 Å². The molecule has 1 saturated heterocycles. The van der Waals surface area contributed by atoms with Crippen molar-refractivity contribution in [1.82, 2.24) is 5.01 Å². The van der Waals surface area contributed by atoms with E-state index in [2.05, 4.69) is 9.84 Å². The number of benzene rings is 1. The normalized spacial score (nSPS) is 18.8. The van der Waals surface area contributed by atoms with Gasteiger partial charge in [-0.3, -0.25) is 5.01 Å². The van der Waals surface area contributed by atoms with Crippen molar-refractivity contribution in [2.24, 2.45) is 5.10 Å². The first-order valence-corrected chi connectivity index (χ1v) is 6.44. The van der Waals surface area contributed by atoms with Gasteiger partial charge >= 0.3 is 11.9 Å². The van der Waals surface area contributed by atoms with Crippen LogP contribution in [0.3, 0.4) is 0 Å². The maximum absolute atomic E-state index is 11.6. The highest BCUT2D eigenvalue weighted by Gasteiger charge is 2.31. The van der Waals surface area contributed by atoms with E-state index in [9.17, 15) is 9.59 Å². The minimum absolute atomic E-state index is 0.326. The second-order valence-corrected chi connectivity index (χ2v) is 4.71. The summed E-state index contributed by atoms with van der Waals surface area (Å²) in [7, 11) is 0. The zero-order chi connectivity index (χ0) is 13.2. The minimum atomic E-state index is -0.583. The number of nitrogens with zero attached hydrogens (tertiary/aromatic N) is 2. The number of rotatable bonds is 2. The second kappa shape index (κ2) is 4.84. The van der Waals surface area contributed by atoms with Crippen molar-refractivity contribution in [3.63, 3.8) is 0 Å². The summed E-state index contributed by atoms with van der Waals surface area (Å²) in [6, 6.07) is 5.10. The quantitative estimate of drug-likeness (QED) is 0.461. The molecule has 0 aromatic heterocycles. The van der Waals surface area contributed by atoms with Gasteiger partial charge in [0, 0.05) is 18.7 Å². The summed E-state index contributed by atoms with van der Waals surface area (Å²) in [6.45, 7) is 1.88. The molecule has 0 spiro atoms. The van der Waals surface area contributed by atoms with E-state index in [0.717, 1.165) is 25.9 Å². The van der Waals surface area contributed by atoms with Crippen molar-refractivity contribution in [1.29, 1.82) is 0 Å². The molecule has 0 atom stereocenters. The molecule has 0 amide bonds. The summed E-state index contributed by atoms with van der Waals surface area (Å²) in [4.78, 5) is 23.1. The average Bonchev–Trinajstić information content (AvgIpc) is 2.74.